The summed E-state index contributed by atoms with van der Waals surface area (Å²) < 4.78 is 7.17. The third kappa shape index (κ3) is 1.97. The lowest BCUT2D eigenvalue weighted by Gasteiger charge is -2.26. The second-order valence-corrected chi connectivity index (χ2v) is 4.47. The van der Waals surface area contributed by atoms with Gasteiger partial charge in [-0.25, -0.2) is 4.98 Å². The molecule has 1 amide bonds. The maximum absolute atomic E-state index is 12.3. The van der Waals surface area contributed by atoms with E-state index in [-0.39, 0.29) is 5.91 Å². The van der Waals surface area contributed by atoms with Crippen LogP contribution in [0.1, 0.15) is 16.1 Å². The number of nitrogens with zero attached hydrogens (tertiary/aromatic N) is 3. The molecule has 0 bridgehead atoms. The fourth-order valence-corrected chi connectivity index (χ4v) is 2.19. The van der Waals surface area contributed by atoms with Gasteiger partial charge in [0, 0.05) is 31.0 Å². The molecule has 0 aromatic carbocycles. The minimum Gasteiger partial charge on any atom is -0.378 e. The monoisotopic (exact) mass is 245 g/mol. The van der Waals surface area contributed by atoms with E-state index in [1.807, 2.05) is 40.8 Å². The van der Waals surface area contributed by atoms with Gasteiger partial charge >= 0.3 is 0 Å². The SMILES string of the molecule is Cc1cn2ccc(C(=O)N3CCOCC3)cc2n1. The Morgan fingerprint density at radius 1 is 1.39 bits per heavy atom. The summed E-state index contributed by atoms with van der Waals surface area (Å²) in [6, 6.07) is 3.68. The number of aryl methyl sites for hydroxylation is 1. The van der Waals surface area contributed by atoms with Crippen LogP contribution in [0.3, 0.4) is 0 Å². The average Bonchev–Trinajstić information content (AvgIpc) is 2.78. The molecular weight excluding hydrogens is 230 g/mol. The van der Waals surface area contributed by atoms with Gasteiger partial charge in [-0.15, -0.1) is 0 Å². The Morgan fingerprint density at radius 3 is 2.94 bits per heavy atom. The van der Waals surface area contributed by atoms with Crippen LogP contribution in [-0.4, -0.2) is 46.5 Å². The molecule has 0 atom stereocenters. The molecule has 3 rings (SSSR count). The molecule has 0 saturated carbocycles. The topological polar surface area (TPSA) is 46.8 Å². The molecule has 0 radical (unpaired) electrons. The zero-order valence-electron chi connectivity index (χ0n) is 10.3. The van der Waals surface area contributed by atoms with Gasteiger partial charge in [-0.3, -0.25) is 4.79 Å². The molecule has 1 aliphatic heterocycles. The smallest absolute Gasteiger partial charge is 0.254 e. The molecule has 1 saturated heterocycles. The van der Waals surface area contributed by atoms with Crippen molar-refractivity contribution in [2.75, 3.05) is 26.3 Å². The Kier molecular flexibility index (Phi) is 2.76. The Morgan fingerprint density at radius 2 is 2.17 bits per heavy atom. The first-order valence-electron chi connectivity index (χ1n) is 6.06. The molecule has 0 aliphatic carbocycles. The highest BCUT2D eigenvalue weighted by molar-refractivity contribution is 5.95. The van der Waals surface area contributed by atoms with Gasteiger partial charge in [0.2, 0.25) is 0 Å². The highest BCUT2D eigenvalue weighted by atomic mass is 16.5. The normalized spacial score (nSPS) is 16.2. The number of hydrogen-bond acceptors (Lipinski definition) is 3. The predicted molar refractivity (Wildman–Crippen MR) is 66.7 cm³/mol. The van der Waals surface area contributed by atoms with Crippen molar-refractivity contribution in [1.29, 1.82) is 0 Å². The maximum atomic E-state index is 12.3. The fourth-order valence-electron chi connectivity index (χ4n) is 2.19. The maximum Gasteiger partial charge on any atom is 0.254 e. The van der Waals surface area contributed by atoms with E-state index in [0.717, 1.165) is 11.3 Å². The van der Waals surface area contributed by atoms with E-state index in [1.165, 1.54) is 0 Å². The number of rotatable bonds is 1. The van der Waals surface area contributed by atoms with Crippen LogP contribution in [0.25, 0.3) is 5.65 Å². The minimum atomic E-state index is 0.0569. The third-order valence-corrected chi connectivity index (χ3v) is 3.13. The Balaban J connectivity index is 1.90. The molecule has 2 aromatic rings. The van der Waals surface area contributed by atoms with Crippen molar-refractivity contribution >= 4 is 11.6 Å². The Bertz CT molecular complexity index is 585. The molecule has 0 N–H and O–H groups in total. The lowest BCUT2D eigenvalue weighted by molar-refractivity contribution is 0.0303. The number of imidazole rings is 1. The van der Waals surface area contributed by atoms with Gasteiger partial charge in [-0.1, -0.05) is 0 Å². The number of ether oxygens (including phenoxy) is 1. The van der Waals surface area contributed by atoms with Crippen LogP contribution in [-0.2, 0) is 4.74 Å². The second-order valence-electron chi connectivity index (χ2n) is 4.47. The summed E-state index contributed by atoms with van der Waals surface area (Å²) in [6.45, 7) is 4.51. The fraction of sp³-hybridized carbons (Fsp3) is 0.385. The number of carbonyl (C=O) groups excluding carboxylic acids is 1. The van der Waals surface area contributed by atoms with Crippen molar-refractivity contribution in [1.82, 2.24) is 14.3 Å². The summed E-state index contributed by atoms with van der Waals surface area (Å²) >= 11 is 0. The van der Waals surface area contributed by atoms with Crippen LogP contribution in [0.2, 0.25) is 0 Å². The largest absolute Gasteiger partial charge is 0.378 e. The number of carbonyl (C=O) groups is 1. The number of hydrogen-bond donors (Lipinski definition) is 0. The average molecular weight is 245 g/mol. The van der Waals surface area contributed by atoms with Gasteiger partial charge in [0.05, 0.1) is 18.9 Å². The first-order valence-corrected chi connectivity index (χ1v) is 6.06. The predicted octanol–water partition coefficient (Wildman–Crippen LogP) is 1.12. The Hall–Kier alpha value is -1.88. The first-order chi connectivity index (χ1) is 8.74. The van der Waals surface area contributed by atoms with Crippen molar-refractivity contribution in [3.63, 3.8) is 0 Å². The number of aromatic nitrogens is 2. The summed E-state index contributed by atoms with van der Waals surface area (Å²) in [4.78, 5) is 18.5. The zero-order valence-corrected chi connectivity index (χ0v) is 10.3. The molecule has 3 heterocycles. The molecule has 1 fully saturated rings. The molecule has 18 heavy (non-hydrogen) atoms. The van der Waals surface area contributed by atoms with Crippen LogP contribution in [0.4, 0.5) is 0 Å². The molecular formula is C13H15N3O2. The van der Waals surface area contributed by atoms with Crippen molar-refractivity contribution in [3.05, 3.63) is 35.8 Å². The summed E-state index contributed by atoms with van der Waals surface area (Å²) in [5.74, 6) is 0.0569. The summed E-state index contributed by atoms with van der Waals surface area (Å²) in [5, 5.41) is 0. The van der Waals surface area contributed by atoms with Crippen LogP contribution < -0.4 is 0 Å². The second kappa shape index (κ2) is 4.42. The third-order valence-electron chi connectivity index (χ3n) is 3.13. The molecule has 0 unspecified atom stereocenters. The van der Waals surface area contributed by atoms with Gasteiger partial charge in [0.1, 0.15) is 5.65 Å². The van der Waals surface area contributed by atoms with Crippen molar-refractivity contribution in [2.45, 2.75) is 6.92 Å². The lowest BCUT2D eigenvalue weighted by Crippen LogP contribution is -2.40. The summed E-state index contributed by atoms with van der Waals surface area (Å²) in [7, 11) is 0. The van der Waals surface area contributed by atoms with Crippen LogP contribution in [0.5, 0.6) is 0 Å². The number of pyridine rings is 1. The van der Waals surface area contributed by atoms with Gasteiger partial charge in [0.15, 0.2) is 0 Å². The molecule has 1 aliphatic rings. The van der Waals surface area contributed by atoms with Gasteiger partial charge in [-0.2, -0.15) is 0 Å². The van der Waals surface area contributed by atoms with Crippen molar-refractivity contribution < 1.29 is 9.53 Å². The quantitative estimate of drug-likeness (QED) is 0.756. The van der Waals surface area contributed by atoms with Crippen molar-refractivity contribution in [2.24, 2.45) is 0 Å². The summed E-state index contributed by atoms with van der Waals surface area (Å²) in [6.07, 6.45) is 3.82. The molecule has 5 nitrogen and oxygen atoms in total. The van der Waals surface area contributed by atoms with Gasteiger partial charge in [0.25, 0.3) is 5.91 Å². The van der Waals surface area contributed by atoms with Crippen LogP contribution in [0.15, 0.2) is 24.5 Å². The van der Waals surface area contributed by atoms with Crippen LogP contribution in [0, 0.1) is 6.92 Å². The highest BCUT2D eigenvalue weighted by Crippen LogP contribution is 2.11. The van der Waals surface area contributed by atoms with Gasteiger partial charge < -0.3 is 14.0 Å². The number of morpholine rings is 1. The van der Waals surface area contributed by atoms with Gasteiger partial charge in [-0.05, 0) is 19.1 Å². The first kappa shape index (κ1) is 11.2. The Labute approximate surface area is 105 Å². The molecule has 2 aromatic heterocycles. The minimum absolute atomic E-state index is 0.0569. The molecule has 5 heteroatoms. The van der Waals surface area contributed by atoms with E-state index in [0.29, 0.717) is 31.9 Å². The van der Waals surface area contributed by atoms with Crippen molar-refractivity contribution in [3.8, 4) is 0 Å². The lowest BCUT2D eigenvalue weighted by atomic mass is 10.2. The van der Waals surface area contributed by atoms with E-state index in [1.54, 1.807) is 0 Å². The van der Waals surface area contributed by atoms with E-state index in [4.69, 9.17) is 4.74 Å². The van der Waals surface area contributed by atoms with E-state index in [2.05, 4.69) is 4.98 Å². The standard InChI is InChI=1S/C13H15N3O2/c1-10-9-16-3-2-11(8-12(16)14-10)13(17)15-4-6-18-7-5-15/h2-3,8-9H,4-7H2,1H3. The summed E-state index contributed by atoms with van der Waals surface area (Å²) in [5.41, 5.74) is 2.45. The molecule has 94 valence electrons. The number of amides is 1. The van der Waals surface area contributed by atoms with E-state index in [9.17, 15) is 4.79 Å². The highest BCUT2D eigenvalue weighted by Gasteiger charge is 2.18. The van der Waals surface area contributed by atoms with Crippen LogP contribution >= 0.6 is 0 Å². The van der Waals surface area contributed by atoms with E-state index < -0.39 is 0 Å². The molecule has 0 spiro atoms. The number of fused-ring (bicyclic) bond motifs is 1. The zero-order chi connectivity index (χ0) is 12.5. The van der Waals surface area contributed by atoms with E-state index >= 15 is 0 Å².